The summed E-state index contributed by atoms with van der Waals surface area (Å²) in [5, 5.41) is 0. The van der Waals surface area contributed by atoms with Gasteiger partial charge in [-0.05, 0) is 23.8 Å². The third kappa shape index (κ3) is 4.74. The molecule has 2 aromatic rings. The first kappa shape index (κ1) is 18.8. The van der Waals surface area contributed by atoms with Crippen molar-refractivity contribution < 1.29 is 31.1 Å². The molecule has 0 unspecified atom stereocenters. The van der Waals surface area contributed by atoms with Crippen molar-refractivity contribution in [3.63, 3.8) is 0 Å². The lowest BCUT2D eigenvalue weighted by Gasteiger charge is -2.19. The SMILES string of the molecule is CN(Cc1ccccc1)C(=O)c1cc(C(F)(F)F)cc(C(F)(F)F)c1. The van der Waals surface area contributed by atoms with Gasteiger partial charge in [-0.2, -0.15) is 26.3 Å². The van der Waals surface area contributed by atoms with Gasteiger partial charge in [-0.25, -0.2) is 0 Å². The highest BCUT2D eigenvalue weighted by atomic mass is 19.4. The molecule has 25 heavy (non-hydrogen) atoms. The number of benzene rings is 2. The second kappa shape index (κ2) is 6.78. The Bertz CT molecular complexity index is 720. The number of halogens is 6. The lowest BCUT2D eigenvalue weighted by Crippen LogP contribution is -2.27. The molecule has 0 aliphatic carbocycles. The van der Waals surface area contributed by atoms with Crippen LogP contribution < -0.4 is 0 Å². The van der Waals surface area contributed by atoms with Crippen molar-refractivity contribution in [1.82, 2.24) is 4.90 Å². The molecule has 0 atom stereocenters. The number of nitrogens with zero attached hydrogens (tertiary/aromatic N) is 1. The molecular formula is C17H13F6NO. The summed E-state index contributed by atoms with van der Waals surface area (Å²) in [7, 11) is 1.31. The van der Waals surface area contributed by atoms with Gasteiger partial charge in [0.2, 0.25) is 0 Å². The molecule has 2 rings (SSSR count). The molecule has 0 fully saturated rings. The highest BCUT2D eigenvalue weighted by molar-refractivity contribution is 5.94. The number of carbonyl (C=O) groups is 1. The van der Waals surface area contributed by atoms with Crippen molar-refractivity contribution in [2.75, 3.05) is 7.05 Å². The van der Waals surface area contributed by atoms with Crippen LogP contribution in [0.4, 0.5) is 26.3 Å². The highest BCUT2D eigenvalue weighted by Gasteiger charge is 2.37. The van der Waals surface area contributed by atoms with Crippen LogP contribution in [0.3, 0.4) is 0 Å². The standard InChI is InChI=1S/C17H13F6NO/c1-24(10-11-5-3-2-4-6-11)15(25)12-7-13(16(18,19)20)9-14(8-12)17(21,22)23/h2-9H,10H2,1H3. The molecule has 0 aromatic heterocycles. The van der Waals surface area contributed by atoms with E-state index in [9.17, 15) is 31.1 Å². The highest BCUT2D eigenvalue weighted by Crippen LogP contribution is 2.36. The van der Waals surface area contributed by atoms with Crippen LogP contribution in [-0.4, -0.2) is 17.9 Å². The van der Waals surface area contributed by atoms with E-state index in [0.29, 0.717) is 17.7 Å². The van der Waals surface area contributed by atoms with Crippen LogP contribution in [0.5, 0.6) is 0 Å². The number of alkyl halides is 6. The van der Waals surface area contributed by atoms with Crippen molar-refractivity contribution in [2.45, 2.75) is 18.9 Å². The van der Waals surface area contributed by atoms with Crippen molar-refractivity contribution in [3.05, 3.63) is 70.8 Å². The summed E-state index contributed by atoms with van der Waals surface area (Å²) in [6, 6.07) is 9.40. The van der Waals surface area contributed by atoms with Gasteiger partial charge in [0.15, 0.2) is 0 Å². The molecule has 2 aromatic carbocycles. The van der Waals surface area contributed by atoms with E-state index in [1.807, 2.05) is 0 Å². The molecule has 0 aliphatic rings. The summed E-state index contributed by atoms with van der Waals surface area (Å²) in [6.07, 6.45) is -9.98. The van der Waals surface area contributed by atoms with Crippen molar-refractivity contribution in [3.8, 4) is 0 Å². The van der Waals surface area contributed by atoms with Crippen molar-refractivity contribution in [1.29, 1.82) is 0 Å². The lowest BCUT2D eigenvalue weighted by atomic mass is 10.0. The van der Waals surface area contributed by atoms with Crippen LogP contribution in [0.1, 0.15) is 27.0 Å². The summed E-state index contributed by atoms with van der Waals surface area (Å²) in [5.41, 5.74) is -3.00. The van der Waals surface area contributed by atoms with E-state index in [4.69, 9.17) is 0 Å². The Kier molecular flexibility index (Phi) is 5.10. The van der Waals surface area contributed by atoms with E-state index in [1.165, 1.54) is 7.05 Å². The Hall–Kier alpha value is -2.51. The normalized spacial score (nSPS) is 12.1. The molecule has 0 spiro atoms. The Labute approximate surface area is 139 Å². The van der Waals surface area contributed by atoms with Gasteiger partial charge in [-0.1, -0.05) is 30.3 Å². The first-order chi connectivity index (χ1) is 11.5. The van der Waals surface area contributed by atoms with Gasteiger partial charge < -0.3 is 4.90 Å². The minimum Gasteiger partial charge on any atom is -0.337 e. The molecule has 0 heterocycles. The molecule has 0 saturated heterocycles. The smallest absolute Gasteiger partial charge is 0.337 e. The second-order valence-electron chi connectivity index (χ2n) is 5.44. The topological polar surface area (TPSA) is 20.3 Å². The molecule has 0 aliphatic heterocycles. The van der Waals surface area contributed by atoms with Crippen LogP contribution in [0, 0.1) is 0 Å². The zero-order chi connectivity index (χ0) is 18.8. The summed E-state index contributed by atoms with van der Waals surface area (Å²) >= 11 is 0. The third-order valence-corrected chi connectivity index (χ3v) is 3.44. The molecule has 8 heteroatoms. The number of hydrogen-bond acceptors (Lipinski definition) is 1. The number of rotatable bonds is 3. The predicted octanol–water partition coefficient (Wildman–Crippen LogP) is 5.00. The number of amides is 1. The van der Waals surface area contributed by atoms with E-state index in [1.54, 1.807) is 30.3 Å². The molecule has 2 nitrogen and oxygen atoms in total. The maximum atomic E-state index is 12.9. The summed E-state index contributed by atoms with van der Waals surface area (Å²) < 4.78 is 77.1. The van der Waals surface area contributed by atoms with Crippen LogP contribution in [0.25, 0.3) is 0 Å². The maximum Gasteiger partial charge on any atom is 0.416 e. The van der Waals surface area contributed by atoms with Crippen LogP contribution in [-0.2, 0) is 18.9 Å². The van der Waals surface area contributed by atoms with Crippen LogP contribution in [0.15, 0.2) is 48.5 Å². The van der Waals surface area contributed by atoms with Crippen molar-refractivity contribution in [2.24, 2.45) is 0 Å². The first-order valence-electron chi connectivity index (χ1n) is 7.07. The van der Waals surface area contributed by atoms with E-state index in [0.717, 1.165) is 4.90 Å². The van der Waals surface area contributed by atoms with Gasteiger partial charge in [-0.3, -0.25) is 4.79 Å². The lowest BCUT2D eigenvalue weighted by molar-refractivity contribution is -0.143. The minimum atomic E-state index is -4.99. The van der Waals surface area contributed by atoms with Gasteiger partial charge in [0, 0.05) is 19.2 Å². The number of carbonyl (C=O) groups excluding carboxylic acids is 1. The van der Waals surface area contributed by atoms with Crippen molar-refractivity contribution >= 4 is 5.91 Å². The fourth-order valence-corrected chi connectivity index (χ4v) is 2.23. The monoisotopic (exact) mass is 361 g/mol. The molecule has 0 radical (unpaired) electrons. The van der Waals surface area contributed by atoms with E-state index in [-0.39, 0.29) is 12.6 Å². The summed E-state index contributed by atoms with van der Waals surface area (Å²) in [6.45, 7) is 0.0528. The zero-order valence-corrected chi connectivity index (χ0v) is 12.9. The molecular weight excluding hydrogens is 348 g/mol. The fraction of sp³-hybridized carbons (Fsp3) is 0.235. The minimum absolute atomic E-state index is 0.00598. The molecule has 0 saturated carbocycles. The van der Waals surface area contributed by atoms with Gasteiger partial charge in [0.25, 0.3) is 5.91 Å². The Balaban J connectivity index is 2.38. The summed E-state index contributed by atoms with van der Waals surface area (Å²) in [5.74, 6) is -0.930. The first-order valence-corrected chi connectivity index (χ1v) is 7.07. The zero-order valence-electron chi connectivity index (χ0n) is 12.9. The molecule has 134 valence electrons. The third-order valence-electron chi connectivity index (χ3n) is 3.44. The Morgan fingerprint density at radius 2 is 1.36 bits per heavy atom. The van der Waals surface area contributed by atoms with Crippen LogP contribution >= 0.6 is 0 Å². The average molecular weight is 361 g/mol. The predicted molar refractivity (Wildman–Crippen MR) is 78.7 cm³/mol. The van der Waals surface area contributed by atoms with E-state index < -0.39 is 35.0 Å². The van der Waals surface area contributed by atoms with E-state index >= 15 is 0 Å². The summed E-state index contributed by atoms with van der Waals surface area (Å²) in [4.78, 5) is 13.4. The fourth-order valence-electron chi connectivity index (χ4n) is 2.23. The number of hydrogen-bond donors (Lipinski definition) is 0. The van der Waals surface area contributed by atoms with E-state index in [2.05, 4.69) is 0 Å². The maximum absolute atomic E-state index is 12.9. The van der Waals surface area contributed by atoms with Gasteiger partial charge in [0.05, 0.1) is 11.1 Å². The second-order valence-corrected chi connectivity index (χ2v) is 5.44. The molecule has 1 amide bonds. The van der Waals surface area contributed by atoms with Gasteiger partial charge in [0.1, 0.15) is 0 Å². The Morgan fingerprint density at radius 1 is 0.880 bits per heavy atom. The van der Waals surface area contributed by atoms with Crippen LogP contribution in [0.2, 0.25) is 0 Å². The quantitative estimate of drug-likeness (QED) is 0.705. The average Bonchev–Trinajstić information content (AvgIpc) is 2.53. The molecule has 0 N–H and O–H groups in total. The van der Waals surface area contributed by atoms with Gasteiger partial charge in [-0.15, -0.1) is 0 Å². The van der Waals surface area contributed by atoms with Gasteiger partial charge >= 0.3 is 12.4 Å². The largest absolute Gasteiger partial charge is 0.416 e. The Morgan fingerprint density at radius 3 is 1.80 bits per heavy atom. The molecule has 0 bridgehead atoms.